The number of amides is 8. The van der Waals surface area contributed by atoms with Crippen molar-refractivity contribution in [2.45, 2.75) is 177 Å². The molecule has 9 aromatic rings. The number of hydroxylamine groups is 2. The molecule has 129 heavy (non-hydrogen) atoms. The van der Waals surface area contributed by atoms with Gasteiger partial charge in [0.25, 0.3) is 23.6 Å². The molecule has 0 bridgehead atoms. The average molecular weight is 1790 g/mol. The van der Waals surface area contributed by atoms with E-state index in [1.54, 1.807) is 45.0 Å². The molecule has 7 aromatic carbocycles. The number of hydrogen-bond donors (Lipinski definition) is 9. The number of ketones is 1. The maximum atomic E-state index is 14.0. The number of anilines is 3. The van der Waals surface area contributed by atoms with E-state index in [0.717, 1.165) is 46.9 Å². The molecule has 2 heterocycles. The molecule has 0 unspecified atom stereocenters. The Bertz CT molecular complexity index is 5280. The van der Waals surface area contributed by atoms with Gasteiger partial charge in [-0.25, -0.2) is 45.3 Å². The van der Waals surface area contributed by atoms with E-state index >= 15 is 0 Å². The number of unbranched alkanes of at least 4 members (excludes halogenated alkanes) is 2. The van der Waals surface area contributed by atoms with Gasteiger partial charge >= 0.3 is 36.5 Å². The van der Waals surface area contributed by atoms with Crippen LogP contribution in [0.4, 0.5) is 53.4 Å². The lowest BCUT2D eigenvalue weighted by Crippen LogP contribution is -2.37. The van der Waals surface area contributed by atoms with Crippen LogP contribution >= 0.6 is 0 Å². The van der Waals surface area contributed by atoms with Crippen molar-refractivity contribution in [1.29, 1.82) is 0 Å². The highest BCUT2D eigenvalue weighted by atomic mass is 19.4. The van der Waals surface area contributed by atoms with Crippen LogP contribution in [-0.2, 0) is 103 Å². The molecule has 0 aliphatic carbocycles. The Labute approximate surface area is 741 Å². The zero-order valence-electron chi connectivity index (χ0n) is 72.6. The zero-order valence-corrected chi connectivity index (χ0v) is 72.6. The molecule has 30 nitrogen and oxygen atoms in total. The third kappa shape index (κ3) is 35.7. The number of aromatic carboxylic acids is 1. The summed E-state index contributed by atoms with van der Waals surface area (Å²) in [5, 5.41) is 22.6. The number of nitrogens with one attached hydrogen (secondary N) is 7. The smallest absolute Gasteiger partial charge is 0.416 e. The minimum Gasteiger partial charge on any atom is -0.478 e. The van der Waals surface area contributed by atoms with Gasteiger partial charge in [0.15, 0.2) is 5.78 Å². The molecule has 9 rings (SSSR count). The summed E-state index contributed by atoms with van der Waals surface area (Å²) >= 11 is 0. The second kappa shape index (κ2) is 51.6. The van der Waals surface area contributed by atoms with Gasteiger partial charge in [0.05, 0.1) is 71.9 Å². The van der Waals surface area contributed by atoms with Crippen molar-refractivity contribution in [3.8, 4) is 0 Å². The van der Waals surface area contributed by atoms with E-state index in [1.165, 1.54) is 54.3 Å². The number of Topliss-reactive ketones (excluding diaryl/α,β-unsaturated/α-hetero) is 1. The fourth-order valence-corrected chi connectivity index (χ4v) is 12.4. The fourth-order valence-electron chi connectivity index (χ4n) is 12.4. The van der Waals surface area contributed by atoms with Crippen LogP contribution in [0.3, 0.4) is 0 Å². The summed E-state index contributed by atoms with van der Waals surface area (Å²) in [6.07, 6.45) is -7.75. The molecule has 0 saturated carbocycles. The number of benzene rings is 7. The molecule has 8 amide bonds. The maximum Gasteiger partial charge on any atom is 0.416 e. The van der Waals surface area contributed by atoms with Crippen LogP contribution in [0.5, 0.6) is 0 Å². The second-order valence-corrected chi connectivity index (χ2v) is 29.9. The number of carbonyl (C=O) groups is 11. The summed E-state index contributed by atoms with van der Waals surface area (Å²) in [6, 6.07) is 46.3. The SMILES string of the molecule is CC(C)N(Cc1ccc(C(=O)NCCCCC(=O)NOCc2ccccc2)c(C(=O)O)c1)C(=O)OCc1ccccc1.CCOC(=O)CCc1ccc(C(=O)Nc2cc(N)nc(C)n2)cc1C(F)(F)F.CCOC(=O)NCc1ccc(C(=O)Cc2cc(NC(=O)c3cc(CCC(C)C)ccc3C(=O)NCCCCC(=O)NOCc3ccccc3)nc(C)n2)cc1C(F)(F)F. The molecule has 0 spiro atoms. The Morgan fingerprint density at radius 3 is 1.50 bits per heavy atom. The highest BCUT2D eigenvalue weighted by Crippen LogP contribution is 2.35. The first-order valence-corrected chi connectivity index (χ1v) is 41.5. The van der Waals surface area contributed by atoms with E-state index in [2.05, 4.69) is 71.3 Å². The number of hydrogen-bond acceptors (Lipinski definition) is 21. The molecule has 0 aliphatic heterocycles. The summed E-state index contributed by atoms with van der Waals surface area (Å²) in [6.45, 7) is 15.1. The lowest BCUT2D eigenvalue weighted by molar-refractivity contribution is -0.144. The number of ether oxygens (including phenoxy) is 3. The van der Waals surface area contributed by atoms with Crippen molar-refractivity contribution in [1.82, 2.24) is 51.7 Å². The topological polar surface area (TPSA) is 419 Å². The summed E-state index contributed by atoms with van der Waals surface area (Å²) in [4.78, 5) is 166. The molecule has 2 aromatic heterocycles. The van der Waals surface area contributed by atoms with E-state index in [-0.39, 0.29) is 170 Å². The van der Waals surface area contributed by atoms with Crippen molar-refractivity contribution < 1.29 is 108 Å². The quantitative estimate of drug-likeness (QED) is 0.00429. The number of carboxylic acid groups (broad SMARTS) is 1. The van der Waals surface area contributed by atoms with E-state index in [9.17, 15) is 84.2 Å². The van der Waals surface area contributed by atoms with Crippen LogP contribution in [0.1, 0.15) is 222 Å². The number of carboxylic acids is 1. The Morgan fingerprint density at radius 2 is 0.969 bits per heavy atom. The number of nitrogen functional groups attached to an aromatic ring is 1. The van der Waals surface area contributed by atoms with Crippen LogP contribution < -0.4 is 43.3 Å². The molecular formula is C93H105F6N13O17. The van der Waals surface area contributed by atoms with Crippen molar-refractivity contribution in [2.24, 2.45) is 5.92 Å². The van der Waals surface area contributed by atoms with Gasteiger partial charge in [-0.15, -0.1) is 0 Å². The minimum atomic E-state index is -4.82. The van der Waals surface area contributed by atoms with Gasteiger partial charge in [0, 0.05) is 74.7 Å². The van der Waals surface area contributed by atoms with Crippen molar-refractivity contribution in [2.75, 3.05) is 42.7 Å². The predicted octanol–water partition coefficient (Wildman–Crippen LogP) is 15.7. The number of halogens is 6. The third-order valence-electron chi connectivity index (χ3n) is 18.9. The molecule has 0 atom stereocenters. The number of carbonyl (C=O) groups excluding carboxylic acids is 10. The molecule has 0 aliphatic rings. The largest absolute Gasteiger partial charge is 0.478 e. The van der Waals surface area contributed by atoms with Crippen molar-refractivity contribution in [3.05, 3.63) is 277 Å². The Morgan fingerprint density at radius 1 is 0.473 bits per heavy atom. The van der Waals surface area contributed by atoms with Crippen LogP contribution in [-0.4, -0.2) is 128 Å². The lowest BCUT2D eigenvalue weighted by Gasteiger charge is -2.26. The average Bonchev–Trinajstić information content (AvgIpc) is 0.810. The Balaban J connectivity index is 0.000000283. The second-order valence-electron chi connectivity index (χ2n) is 29.9. The first-order chi connectivity index (χ1) is 61.5. The van der Waals surface area contributed by atoms with Crippen LogP contribution in [0.2, 0.25) is 0 Å². The molecule has 0 radical (unpaired) electrons. The number of nitrogens with two attached hydrogens (primary N) is 1. The number of esters is 1. The molecule has 0 saturated heterocycles. The van der Waals surface area contributed by atoms with Gasteiger partial charge in [-0.05, 0) is 174 Å². The summed E-state index contributed by atoms with van der Waals surface area (Å²) < 4.78 is 97.1. The highest BCUT2D eigenvalue weighted by molar-refractivity contribution is 6.12. The number of nitrogens with zero attached hydrogens (tertiary/aromatic N) is 5. The predicted molar refractivity (Wildman–Crippen MR) is 465 cm³/mol. The van der Waals surface area contributed by atoms with E-state index < -0.39 is 90.0 Å². The summed E-state index contributed by atoms with van der Waals surface area (Å²) in [5.74, 6) is -4.42. The number of aromatic nitrogens is 4. The lowest BCUT2D eigenvalue weighted by atomic mass is 9.97. The Kier molecular flexibility index (Phi) is 40.8. The van der Waals surface area contributed by atoms with E-state index in [1.807, 2.05) is 105 Å². The van der Waals surface area contributed by atoms with Crippen LogP contribution in [0.25, 0.3) is 0 Å². The molecule has 10 N–H and O–H groups in total. The van der Waals surface area contributed by atoms with Crippen LogP contribution in [0, 0.1) is 19.8 Å². The minimum absolute atomic E-state index is 0.0149. The number of rotatable bonds is 41. The van der Waals surface area contributed by atoms with Gasteiger partial charge in [0.2, 0.25) is 11.8 Å². The monoisotopic (exact) mass is 1790 g/mol. The number of alkyl carbamates (subject to hydrolysis) is 1. The molecule has 0 fully saturated rings. The molecule has 36 heteroatoms. The van der Waals surface area contributed by atoms with Crippen molar-refractivity contribution >= 4 is 82.8 Å². The van der Waals surface area contributed by atoms with E-state index in [0.29, 0.717) is 49.4 Å². The molecule has 686 valence electrons. The van der Waals surface area contributed by atoms with Crippen LogP contribution in [0.15, 0.2) is 176 Å². The standard InChI is InChI=1S/C43H49F3N6O7.C32H37N3O7.C18H19F3N4O3/c1-5-58-42(57)48-25-32-18-17-31(22-36(32)43(44,45)46)37(53)23-33-24-38(50-28(4)49-33)51-41(56)35-21-29(15-14-27(2)3)16-19-34(35)40(55)47-20-10-9-13-39(54)52-59-26-30-11-7-6-8-12-30;1-23(2)35(32(40)41-21-24-11-5-3-6-12-24)20-26-16-17-27(28(19-26)31(38)39)30(37)33-18-10-9-15-29(36)34-42-22-25-13-7-4-8-14-25;1-3-28-16(26)7-6-11-4-5-12(8-13(11)18(19,20)21)17(27)25-15-9-14(22)23-10(2)24-15/h6-8,11-12,16-19,21-22,24,27H,5,9-10,13-15,20,23,25-26H2,1-4H3,(H,47,55)(H,48,57)(H,52,54)(H,49,50,51,56);3-8,11-14,16-17,19,23H,9-10,15,18,20-22H2,1-2H3,(H,33,37)(H,34,36)(H,38,39);4-5,8-9H,3,6-7H2,1-2H3,(H3,22,23,24,25,27). The first kappa shape index (κ1) is 102. The normalized spacial score (nSPS) is 11.0. The van der Waals surface area contributed by atoms with E-state index in [4.69, 9.17) is 29.6 Å². The number of alkyl halides is 6. The summed E-state index contributed by atoms with van der Waals surface area (Å²) in [7, 11) is 0. The maximum absolute atomic E-state index is 14.0. The van der Waals surface area contributed by atoms with Gasteiger partial charge in [-0.3, -0.25) is 48.0 Å². The third-order valence-corrected chi connectivity index (χ3v) is 18.9. The number of aryl methyl sites for hydroxylation is 4. The summed E-state index contributed by atoms with van der Waals surface area (Å²) in [5.41, 5.74) is 11.8. The van der Waals surface area contributed by atoms with Gasteiger partial charge in [-0.2, -0.15) is 26.3 Å². The highest BCUT2D eigenvalue weighted by Gasteiger charge is 2.36. The molecular weight excluding hydrogens is 1690 g/mol. The Hall–Kier alpha value is -14.0. The van der Waals surface area contributed by atoms with Gasteiger partial charge in [0.1, 0.15) is 35.7 Å². The zero-order chi connectivity index (χ0) is 94.2. The van der Waals surface area contributed by atoms with Crippen molar-refractivity contribution in [3.63, 3.8) is 0 Å². The van der Waals surface area contributed by atoms with Gasteiger partial charge in [-0.1, -0.05) is 135 Å². The van der Waals surface area contributed by atoms with Gasteiger partial charge < -0.3 is 56.5 Å². The fraction of sp³-hybridized carbons (Fsp3) is 0.344. The first-order valence-electron chi connectivity index (χ1n) is 41.5.